The van der Waals surface area contributed by atoms with E-state index in [0.717, 1.165) is 95.1 Å². The van der Waals surface area contributed by atoms with E-state index in [0.29, 0.717) is 102 Å². The highest BCUT2D eigenvalue weighted by atomic mass is 16.6. The van der Waals surface area contributed by atoms with Crippen molar-refractivity contribution in [3.8, 4) is 28.7 Å². The molecule has 1 heterocycles. The van der Waals surface area contributed by atoms with Crippen LogP contribution in [0.5, 0.6) is 28.7 Å². The molecule has 2 saturated carbocycles. The van der Waals surface area contributed by atoms with Gasteiger partial charge in [-0.25, -0.2) is 9.59 Å². The Morgan fingerprint density at radius 2 is 0.865 bits per heavy atom. The van der Waals surface area contributed by atoms with Crippen LogP contribution in [-0.4, -0.2) is 79.5 Å². The van der Waals surface area contributed by atoms with Gasteiger partial charge in [-0.05, 0) is 176 Å². The van der Waals surface area contributed by atoms with E-state index in [4.69, 9.17) is 33.2 Å². The molecule has 0 aromatic heterocycles. The number of benzene rings is 3. The number of likely N-dealkylation sites (tertiary alicyclic amines) is 1. The molecule has 6 rings (SSSR count). The van der Waals surface area contributed by atoms with Crippen molar-refractivity contribution in [3.05, 3.63) is 103 Å². The van der Waals surface area contributed by atoms with Gasteiger partial charge in [0.05, 0.1) is 49.1 Å². The van der Waals surface area contributed by atoms with Crippen molar-refractivity contribution in [2.24, 2.45) is 23.7 Å². The summed E-state index contributed by atoms with van der Waals surface area (Å²) in [6.07, 6.45) is 17.9. The summed E-state index contributed by atoms with van der Waals surface area (Å²) in [7, 11) is 0. The molecule has 0 N–H and O–H groups in total. The standard InChI is InChI=1S/C59H73NO14/c1-3-53(61)69-39-15-7-5-6-11-17-42-18-28-48(29-19-42)71-56(64)43-20-22-45(23-21-43)58(66)73-50-34-35-52(51(41-50)55(63)60-36-12-10-13-37-60)74-59(67)46-26-24-44(25-27-46)57(65)72-49-32-30-47(31-33-49)68-38-14-8-9-16-40-70-54(62)4-2/h3-4,18-19,28-35,41,43-46H,1-2,5-17,20-27,36-40H2. The van der Waals surface area contributed by atoms with Crippen LogP contribution >= 0.6 is 0 Å². The maximum absolute atomic E-state index is 14.0. The summed E-state index contributed by atoms with van der Waals surface area (Å²) in [5.41, 5.74) is 1.30. The molecule has 0 unspecified atom stereocenters. The number of piperidine rings is 1. The smallest absolute Gasteiger partial charge is 0.330 e. The van der Waals surface area contributed by atoms with Crippen molar-refractivity contribution in [2.45, 2.75) is 135 Å². The zero-order valence-electron chi connectivity index (χ0n) is 42.8. The first-order valence-electron chi connectivity index (χ1n) is 26.7. The number of hydrogen-bond donors (Lipinski definition) is 0. The quantitative estimate of drug-likeness (QED) is 0.0304. The number of hydrogen-bond acceptors (Lipinski definition) is 14. The second-order valence-electron chi connectivity index (χ2n) is 19.4. The van der Waals surface area contributed by atoms with Crippen molar-refractivity contribution in [1.29, 1.82) is 0 Å². The van der Waals surface area contributed by atoms with Crippen LogP contribution in [0.15, 0.2) is 92.0 Å². The molecule has 15 nitrogen and oxygen atoms in total. The zero-order chi connectivity index (χ0) is 52.5. The first-order valence-corrected chi connectivity index (χ1v) is 26.7. The maximum atomic E-state index is 14.0. The number of nitrogens with zero attached hydrogens (tertiary/aromatic N) is 1. The molecule has 3 aromatic rings. The van der Waals surface area contributed by atoms with E-state index in [1.54, 1.807) is 29.2 Å². The average Bonchev–Trinajstić information content (AvgIpc) is 3.43. The minimum Gasteiger partial charge on any atom is -0.494 e. The number of amides is 1. The predicted molar refractivity (Wildman–Crippen MR) is 276 cm³/mol. The number of aryl methyl sites for hydroxylation is 1. The van der Waals surface area contributed by atoms with Gasteiger partial charge in [0.1, 0.15) is 28.7 Å². The van der Waals surface area contributed by atoms with Gasteiger partial charge in [0.15, 0.2) is 0 Å². The Kier molecular flexibility index (Phi) is 23.2. The average molecular weight is 1020 g/mol. The van der Waals surface area contributed by atoms with Gasteiger partial charge in [-0.1, -0.05) is 44.6 Å². The van der Waals surface area contributed by atoms with E-state index in [2.05, 4.69) is 13.2 Å². The normalized spacial score (nSPS) is 18.5. The molecule has 15 heteroatoms. The fourth-order valence-electron chi connectivity index (χ4n) is 9.52. The zero-order valence-corrected chi connectivity index (χ0v) is 42.8. The third-order valence-electron chi connectivity index (χ3n) is 14.0. The van der Waals surface area contributed by atoms with Gasteiger partial charge in [-0.3, -0.25) is 24.0 Å². The lowest BCUT2D eigenvalue weighted by Crippen LogP contribution is -2.36. The molecule has 0 bridgehead atoms. The number of esters is 6. The molecule has 0 atom stereocenters. The minimum absolute atomic E-state index is 0.0886. The minimum atomic E-state index is -0.493. The van der Waals surface area contributed by atoms with Crippen LogP contribution in [0.3, 0.4) is 0 Å². The molecular formula is C59H73NO14. The summed E-state index contributed by atoms with van der Waals surface area (Å²) < 4.78 is 39.0. The number of rotatable bonds is 27. The van der Waals surface area contributed by atoms with Crippen LogP contribution in [0.2, 0.25) is 0 Å². The van der Waals surface area contributed by atoms with Crippen LogP contribution < -0.4 is 23.7 Å². The lowest BCUT2D eigenvalue weighted by atomic mass is 9.82. The van der Waals surface area contributed by atoms with Gasteiger partial charge in [0.2, 0.25) is 0 Å². The molecule has 3 aliphatic rings. The summed E-state index contributed by atoms with van der Waals surface area (Å²) in [5.74, 6) is -2.61. The molecular weight excluding hydrogens is 947 g/mol. The van der Waals surface area contributed by atoms with Crippen molar-refractivity contribution in [2.75, 3.05) is 32.9 Å². The summed E-state index contributed by atoms with van der Waals surface area (Å²) in [6.45, 7) is 9.22. The SMILES string of the molecule is C=CC(=O)OCCCCCCCc1ccc(OC(=O)C2CCC(C(=O)Oc3ccc(OC(=O)C4CCC(C(=O)Oc5ccc(OCCCCCCOC(=O)C=C)cc5)CC4)c(C(=O)N4CCCCC4)c3)CC2)cc1. The van der Waals surface area contributed by atoms with Gasteiger partial charge in [0, 0.05) is 25.2 Å². The Labute approximate surface area is 435 Å². The van der Waals surface area contributed by atoms with Crippen molar-refractivity contribution < 1.29 is 66.7 Å². The molecule has 74 heavy (non-hydrogen) atoms. The largest absolute Gasteiger partial charge is 0.494 e. The highest BCUT2D eigenvalue weighted by molar-refractivity contribution is 5.98. The lowest BCUT2D eigenvalue weighted by Gasteiger charge is -2.28. The lowest BCUT2D eigenvalue weighted by molar-refractivity contribution is -0.145. The summed E-state index contributed by atoms with van der Waals surface area (Å²) in [5, 5.41) is 0. The van der Waals surface area contributed by atoms with E-state index in [9.17, 15) is 33.6 Å². The van der Waals surface area contributed by atoms with E-state index in [1.807, 2.05) is 24.3 Å². The fourth-order valence-corrected chi connectivity index (χ4v) is 9.52. The van der Waals surface area contributed by atoms with Gasteiger partial charge in [-0.15, -0.1) is 0 Å². The molecule has 1 saturated heterocycles. The van der Waals surface area contributed by atoms with Crippen LogP contribution in [0, 0.1) is 23.7 Å². The van der Waals surface area contributed by atoms with E-state index in [1.165, 1.54) is 24.3 Å². The fraction of sp³-hybridized carbons (Fsp3) is 0.508. The van der Waals surface area contributed by atoms with Crippen molar-refractivity contribution in [1.82, 2.24) is 4.90 Å². The van der Waals surface area contributed by atoms with E-state index >= 15 is 0 Å². The van der Waals surface area contributed by atoms with E-state index in [-0.39, 0.29) is 52.7 Å². The van der Waals surface area contributed by atoms with Crippen LogP contribution in [0.25, 0.3) is 0 Å². The van der Waals surface area contributed by atoms with Crippen molar-refractivity contribution in [3.63, 3.8) is 0 Å². The third-order valence-corrected chi connectivity index (χ3v) is 14.0. The number of unbranched alkanes of at least 4 members (excludes halogenated alkanes) is 7. The molecule has 0 spiro atoms. The van der Waals surface area contributed by atoms with Crippen LogP contribution in [-0.2, 0) is 44.7 Å². The molecule has 3 fully saturated rings. The Morgan fingerprint density at radius 1 is 0.459 bits per heavy atom. The van der Waals surface area contributed by atoms with Crippen LogP contribution in [0.1, 0.15) is 144 Å². The second kappa shape index (κ2) is 30.4. The van der Waals surface area contributed by atoms with Gasteiger partial charge in [0.25, 0.3) is 5.91 Å². The Hall–Kier alpha value is -6.77. The molecule has 1 aliphatic heterocycles. The summed E-state index contributed by atoms with van der Waals surface area (Å²) in [4.78, 5) is 91.3. The van der Waals surface area contributed by atoms with Crippen molar-refractivity contribution >= 4 is 41.7 Å². The first-order chi connectivity index (χ1) is 36.0. The predicted octanol–water partition coefficient (Wildman–Crippen LogP) is 10.8. The third kappa shape index (κ3) is 18.6. The number of ether oxygens (including phenoxy) is 7. The maximum Gasteiger partial charge on any atom is 0.330 e. The molecule has 2 aliphatic carbocycles. The Bertz CT molecular complexity index is 2340. The number of carbonyl (C=O) groups is 7. The van der Waals surface area contributed by atoms with Gasteiger partial charge < -0.3 is 38.1 Å². The Morgan fingerprint density at radius 3 is 1.36 bits per heavy atom. The number of carbonyl (C=O) groups excluding carboxylic acids is 7. The molecule has 1 amide bonds. The molecule has 3 aromatic carbocycles. The molecule has 0 radical (unpaired) electrons. The second-order valence-corrected chi connectivity index (χ2v) is 19.4. The van der Waals surface area contributed by atoms with Gasteiger partial charge >= 0.3 is 35.8 Å². The highest BCUT2D eigenvalue weighted by Crippen LogP contribution is 2.35. The van der Waals surface area contributed by atoms with E-state index < -0.39 is 29.7 Å². The summed E-state index contributed by atoms with van der Waals surface area (Å²) >= 11 is 0. The molecule has 398 valence electrons. The Balaban J connectivity index is 0.915. The first kappa shape index (κ1) is 56.5. The van der Waals surface area contributed by atoms with Crippen LogP contribution in [0.4, 0.5) is 0 Å². The summed E-state index contributed by atoms with van der Waals surface area (Å²) in [6, 6.07) is 19.0. The highest BCUT2D eigenvalue weighted by Gasteiger charge is 2.35. The monoisotopic (exact) mass is 1020 g/mol. The van der Waals surface area contributed by atoms with Gasteiger partial charge in [-0.2, -0.15) is 0 Å². The topological polar surface area (TPSA) is 187 Å².